The van der Waals surface area contributed by atoms with Gasteiger partial charge >= 0.3 is 11.9 Å². The first-order valence-corrected chi connectivity index (χ1v) is 11.4. The second kappa shape index (κ2) is 7.24. The van der Waals surface area contributed by atoms with Crippen LogP contribution in [0.5, 0.6) is 0 Å². The van der Waals surface area contributed by atoms with Crippen LogP contribution < -0.4 is 0 Å². The molecule has 4 heteroatoms. The molecule has 4 saturated carbocycles. The highest BCUT2D eigenvalue weighted by Crippen LogP contribution is 2.69. The molecule has 0 aromatic heterocycles. The molecule has 4 aliphatic rings. The maximum atomic E-state index is 11.5. The molecule has 0 radical (unpaired) electrons. The number of carboxylic acid groups (broad SMARTS) is 2. The van der Waals surface area contributed by atoms with Crippen LogP contribution in [0.4, 0.5) is 0 Å². The largest absolute Gasteiger partial charge is 0.478 e. The molecular formula is C28H28O4. The fourth-order valence-corrected chi connectivity index (χ4v) is 7.63. The van der Waals surface area contributed by atoms with E-state index in [0.29, 0.717) is 22.3 Å². The van der Waals surface area contributed by atoms with Crippen LogP contribution in [-0.2, 0) is 0 Å². The van der Waals surface area contributed by atoms with Crippen molar-refractivity contribution in [2.45, 2.75) is 51.9 Å². The molecule has 2 aromatic rings. The lowest BCUT2D eigenvalue weighted by atomic mass is 9.40. The molecule has 6 rings (SSSR count). The molecule has 2 N–H and O–H groups in total. The first-order valence-electron chi connectivity index (χ1n) is 11.4. The minimum Gasteiger partial charge on any atom is -0.478 e. The van der Waals surface area contributed by atoms with Gasteiger partial charge in [-0.25, -0.2) is 9.59 Å². The highest BCUT2D eigenvalue weighted by molar-refractivity contribution is 5.95. The molecule has 0 saturated heterocycles. The van der Waals surface area contributed by atoms with Crippen molar-refractivity contribution in [3.05, 3.63) is 70.3 Å². The molecule has 32 heavy (non-hydrogen) atoms. The summed E-state index contributed by atoms with van der Waals surface area (Å²) >= 11 is 0. The number of carbonyl (C=O) groups is 2. The average molecular weight is 429 g/mol. The van der Waals surface area contributed by atoms with Gasteiger partial charge in [0.15, 0.2) is 0 Å². The summed E-state index contributed by atoms with van der Waals surface area (Å²) in [5.74, 6) is 5.91. The van der Waals surface area contributed by atoms with Crippen molar-refractivity contribution >= 4 is 11.9 Å². The van der Waals surface area contributed by atoms with Gasteiger partial charge in [0.05, 0.1) is 11.1 Å². The maximum absolute atomic E-state index is 11.5. The van der Waals surface area contributed by atoms with Gasteiger partial charge in [0.1, 0.15) is 0 Å². The third-order valence-corrected chi connectivity index (χ3v) is 8.09. The summed E-state index contributed by atoms with van der Waals surface area (Å²) < 4.78 is 0. The van der Waals surface area contributed by atoms with Crippen molar-refractivity contribution in [3.8, 4) is 11.8 Å². The zero-order chi connectivity index (χ0) is 22.7. The quantitative estimate of drug-likeness (QED) is 0.606. The summed E-state index contributed by atoms with van der Waals surface area (Å²) in [4.78, 5) is 22.7. The third-order valence-electron chi connectivity index (χ3n) is 8.09. The molecule has 0 heterocycles. The van der Waals surface area contributed by atoms with E-state index in [1.165, 1.54) is 49.8 Å². The zero-order valence-electron chi connectivity index (χ0n) is 18.5. The van der Waals surface area contributed by atoms with Crippen LogP contribution >= 0.6 is 0 Å². The van der Waals surface area contributed by atoms with Gasteiger partial charge in [0.25, 0.3) is 0 Å². The number of rotatable bonds is 3. The fourth-order valence-electron chi connectivity index (χ4n) is 7.63. The number of hydrogen-bond acceptors (Lipinski definition) is 2. The van der Waals surface area contributed by atoms with Crippen LogP contribution in [0.2, 0.25) is 0 Å². The normalized spacial score (nSPS) is 32.2. The Balaban J connectivity index is 1.40. The molecule has 4 bridgehead atoms. The molecule has 164 valence electrons. The number of hydrogen-bond donors (Lipinski definition) is 2. The van der Waals surface area contributed by atoms with Crippen molar-refractivity contribution in [1.29, 1.82) is 0 Å². The monoisotopic (exact) mass is 428 g/mol. The van der Waals surface area contributed by atoms with Gasteiger partial charge in [-0.05, 0) is 96.6 Å². The molecular weight excluding hydrogens is 400 g/mol. The van der Waals surface area contributed by atoms with E-state index in [-0.39, 0.29) is 11.1 Å². The summed E-state index contributed by atoms with van der Waals surface area (Å²) in [5.41, 5.74) is 3.30. The summed E-state index contributed by atoms with van der Waals surface area (Å²) in [7, 11) is 0. The molecule has 5 atom stereocenters. The smallest absolute Gasteiger partial charge is 0.336 e. The molecule has 0 spiro atoms. The van der Waals surface area contributed by atoms with E-state index in [1.807, 2.05) is 12.1 Å². The molecule has 4 nitrogen and oxygen atoms in total. The number of aromatic carboxylic acids is 2. The van der Waals surface area contributed by atoms with Crippen molar-refractivity contribution in [1.82, 2.24) is 0 Å². The first-order chi connectivity index (χ1) is 15.2. The van der Waals surface area contributed by atoms with Crippen LogP contribution in [0.3, 0.4) is 0 Å². The SMILES string of the molecule is CC12CC3CC(C1)C(c1ccc(C#Cc4ccc(C(=O)O)cc4C(=O)O)cc1)C(C)(C3)C2. The van der Waals surface area contributed by atoms with Crippen LogP contribution in [-0.4, -0.2) is 22.2 Å². The minimum absolute atomic E-state index is 0.0599. The fraction of sp³-hybridized carbons (Fsp3) is 0.429. The Labute approximate surface area is 188 Å². The zero-order valence-corrected chi connectivity index (χ0v) is 18.5. The number of benzene rings is 2. The van der Waals surface area contributed by atoms with Crippen LogP contribution in [0.15, 0.2) is 42.5 Å². The van der Waals surface area contributed by atoms with Gasteiger partial charge < -0.3 is 10.2 Å². The Morgan fingerprint density at radius 3 is 2.31 bits per heavy atom. The Bertz CT molecular complexity index is 1170. The average Bonchev–Trinajstić information content (AvgIpc) is 2.70. The van der Waals surface area contributed by atoms with E-state index >= 15 is 0 Å². The van der Waals surface area contributed by atoms with Crippen LogP contribution in [0.25, 0.3) is 0 Å². The Morgan fingerprint density at radius 1 is 0.938 bits per heavy atom. The summed E-state index contributed by atoms with van der Waals surface area (Å²) in [6.45, 7) is 4.99. The summed E-state index contributed by atoms with van der Waals surface area (Å²) in [6.07, 6.45) is 6.78. The molecule has 2 aromatic carbocycles. The van der Waals surface area contributed by atoms with Gasteiger partial charge in [-0.1, -0.05) is 37.8 Å². The maximum Gasteiger partial charge on any atom is 0.336 e. The highest BCUT2D eigenvalue weighted by atomic mass is 16.4. The second-order valence-electron chi connectivity index (χ2n) is 10.8. The summed E-state index contributed by atoms with van der Waals surface area (Å²) in [6, 6.07) is 12.5. The van der Waals surface area contributed by atoms with Gasteiger partial charge in [-0.15, -0.1) is 0 Å². The summed E-state index contributed by atoms with van der Waals surface area (Å²) in [5, 5.41) is 18.5. The van der Waals surface area contributed by atoms with Crippen LogP contribution in [0, 0.1) is 34.5 Å². The lowest BCUT2D eigenvalue weighted by Crippen LogP contribution is -2.53. The number of carboxylic acids is 2. The van der Waals surface area contributed by atoms with E-state index in [2.05, 4.69) is 37.8 Å². The molecule has 5 unspecified atom stereocenters. The molecule has 0 aliphatic heterocycles. The Hall–Kier alpha value is -3.06. The second-order valence-corrected chi connectivity index (χ2v) is 10.8. The van der Waals surface area contributed by atoms with E-state index in [4.69, 9.17) is 5.11 Å². The van der Waals surface area contributed by atoms with Crippen LogP contribution in [0.1, 0.15) is 89.3 Å². The predicted molar refractivity (Wildman–Crippen MR) is 122 cm³/mol. The van der Waals surface area contributed by atoms with Crippen molar-refractivity contribution < 1.29 is 19.8 Å². The van der Waals surface area contributed by atoms with E-state index in [1.54, 1.807) is 0 Å². The highest BCUT2D eigenvalue weighted by Gasteiger charge is 2.58. The Kier molecular flexibility index (Phi) is 4.71. The van der Waals surface area contributed by atoms with Gasteiger partial charge in [-0.3, -0.25) is 0 Å². The molecule has 0 amide bonds. The van der Waals surface area contributed by atoms with Crippen molar-refractivity contribution in [2.75, 3.05) is 0 Å². The van der Waals surface area contributed by atoms with Crippen molar-refractivity contribution in [3.63, 3.8) is 0 Å². The van der Waals surface area contributed by atoms with E-state index in [9.17, 15) is 14.7 Å². The lowest BCUT2D eigenvalue weighted by Gasteiger charge is -2.64. The molecule has 4 aliphatic carbocycles. The third kappa shape index (κ3) is 3.50. The van der Waals surface area contributed by atoms with Gasteiger partial charge in [-0.2, -0.15) is 0 Å². The first kappa shape index (κ1) is 20.8. The topological polar surface area (TPSA) is 74.6 Å². The lowest BCUT2D eigenvalue weighted by molar-refractivity contribution is -0.111. The van der Waals surface area contributed by atoms with Crippen molar-refractivity contribution in [2.24, 2.45) is 22.7 Å². The van der Waals surface area contributed by atoms with Gasteiger partial charge in [0, 0.05) is 11.1 Å². The van der Waals surface area contributed by atoms with E-state index in [0.717, 1.165) is 23.5 Å². The minimum atomic E-state index is -1.18. The van der Waals surface area contributed by atoms with Gasteiger partial charge in [0.2, 0.25) is 0 Å². The predicted octanol–water partition coefficient (Wildman–Crippen LogP) is 5.80. The molecule has 4 fully saturated rings. The standard InChI is InChI=1S/C28H28O4/c1-27-13-18-11-22(15-27)24(28(2,14-18)16-27)20-7-4-17(5-8-20)3-6-19-9-10-21(25(29)30)12-23(19)26(31)32/h4-5,7-10,12,18,22,24H,11,13-16H2,1-2H3,(H,29,30)(H,31,32). The Morgan fingerprint density at radius 2 is 1.69 bits per heavy atom. The van der Waals surface area contributed by atoms with E-state index < -0.39 is 11.9 Å².